The van der Waals surface area contributed by atoms with Crippen LogP contribution in [0.25, 0.3) is 0 Å². The van der Waals surface area contributed by atoms with E-state index >= 15 is 0 Å². The molecule has 0 bridgehead atoms. The Bertz CT molecular complexity index is 1010. The van der Waals surface area contributed by atoms with Gasteiger partial charge in [-0.05, 0) is 55.7 Å². The normalized spacial score (nSPS) is 17.5. The van der Waals surface area contributed by atoms with Gasteiger partial charge in [-0.15, -0.1) is 0 Å². The lowest BCUT2D eigenvalue weighted by Crippen LogP contribution is -2.40. The second kappa shape index (κ2) is 9.75. The number of ether oxygens (including phenoxy) is 2. The Labute approximate surface area is 197 Å². The average molecular weight is 504 g/mol. The third-order valence-corrected chi connectivity index (χ3v) is 7.42. The number of hydrogen-bond donors (Lipinski definition) is 1. The average Bonchev–Trinajstić information content (AvgIpc) is 3.07. The van der Waals surface area contributed by atoms with Crippen LogP contribution in [0.4, 0.5) is 0 Å². The highest BCUT2D eigenvalue weighted by atomic mass is 79.9. The highest BCUT2D eigenvalue weighted by Gasteiger charge is 2.39. The molecule has 1 spiro atoms. The van der Waals surface area contributed by atoms with E-state index in [0.717, 1.165) is 59.5 Å². The number of nitrogens with zero attached hydrogens (tertiary/aromatic N) is 2. The molecule has 172 valence electrons. The highest BCUT2D eigenvalue weighted by molar-refractivity contribution is 9.10. The minimum atomic E-state index is -0.334. The number of amides is 1. The van der Waals surface area contributed by atoms with Gasteiger partial charge in [0, 0.05) is 37.2 Å². The first kappa shape index (κ1) is 23.0. The fourth-order valence-electron chi connectivity index (χ4n) is 4.54. The minimum Gasteiger partial charge on any atom is -0.462 e. The van der Waals surface area contributed by atoms with E-state index in [1.807, 2.05) is 24.6 Å². The second-order valence-corrected chi connectivity index (χ2v) is 9.62. The quantitative estimate of drug-likeness (QED) is 0.478. The van der Waals surface area contributed by atoms with Crippen molar-refractivity contribution < 1.29 is 19.1 Å². The number of carbonyl (C=O) groups excluding carboxylic acids is 2. The first-order chi connectivity index (χ1) is 15.4. The molecule has 8 heteroatoms. The first-order valence-corrected chi connectivity index (χ1v) is 12.1. The summed E-state index contributed by atoms with van der Waals surface area (Å²) < 4.78 is 13.9. The molecule has 1 fully saturated rings. The summed E-state index contributed by atoms with van der Waals surface area (Å²) in [7, 11) is 0. The van der Waals surface area contributed by atoms with Crippen LogP contribution in [-0.4, -0.2) is 48.0 Å². The van der Waals surface area contributed by atoms with Crippen molar-refractivity contribution in [1.82, 2.24) is 15.1 Å². The number of nitrogens with one attached hydrogen (secondary N) is 1. The number of rotatable bonds is 6. The lowest BCUT2D eigenvalue weighted by molar-refractivity contribution is 0.0152. The Morgan fingerprint density at radius 3 is 2.84 bits per heavy atom. The highest BCUT2D eigenvalue weighted by Crippen LogP contribution is 2.37. The van der Waals surface area contributed by atoms with E-state index in [-0.39, 0.29) is 17.3 Å². The predicted octanol–water partition coefficient (Wildman–Crippen LogP) is 3.85. The predicted molar refractivity (Wildman–Crippen MR) is 124 cm³/mol. The van der Waals surface area contributed by atoms with Gasteiger partial charge in [-0.3, -0.25) is 9.48 Å². The van der Waals surface area contributed by atoms with Crippen molar-refractivity contribution in [3.05, 3.63) is 50.8 Å². The van der Waals surface area contributed by atoms with E-state index in [4.69, 9.17) is 14.6 Å². The molecule has 0 aliphatic carbocycles. The number of benzene rings is 1. The number of esters is 1. The van der Waals surface area contributed by atoms with Gasteiger partial charge in [-0.25, -0.2) is 4.79 Å². The van der Waals surface area contributed by atoms with Crippen molar-refractivity contribution in [2.24, 2.45) is 5.41 Å². The Balaban J connectivity index is 1.44. The van der Waals surface area contributed by atoms with Gasteiger partial charge in [0.25, 0.3) is 5.91 Å². The largest absolute Gasteiger partial charge is 0.462 e. The lowest BCUT2D eigenvalue weighted by atomic mass is 9.76. The summed E-state index contributed by atoms with van der Waals surface area (Å²) in [6.45, 7) is 7.03. The fourth-order valence-corrected chi connectivity index (χ4v) is 4.92. The number of halogens is 1. The minimum absolute atomic E-state index is 0.0211. The van der Waals surface area contributed by atoms with Crippen LogP contribution in [0.1, 0.15) is 63.9 Å². The molecule has 0 atom stereocenters. The van der Waals surface area contributed by atoms with Crippen LogP contribution >= 0.6 is 15.9 Å². The van der Waals surface area contributed by atoms with Gasteiger partial charge in [0.05, 0.1) is 29.1 Å². The van der Waals surface area contributed by atoms with Crippen molar-refractivity contribution >= 4 is 27.8 Å². The molecule has 32 heavy (non-hydrogen) atoms. The molecule has 2 aromatic rings. The van der Waals surface area contributed by atoms with Gasteiger partial charge < -0.3 is 14.8 Å². The third-order valence-electron chi connectivity index (χ3n) is 6.57. The molecule has 1 aromatic carbocycles. The zero-order chi connectivity index (χ0) is 22.7. The molecular formula is C24H30BrN3O4. The van der Waals surface area contributed by atoms with E-state index in [9.17, 15) is 9.59 Å². The molecule has 7 nitrogen and oxygen atoms in total. The molecule has 1 N–H and O–H groups in total. The van der Waals surface area contributed by atoms with E-state index in [1.165, 1.54) is 0 Å². The Hall–Kier alpha value is -2.19. The van der Waals surface area contributed by atoms with Gasteiger partial charge in [0.15, 0.2) is 0 Å². The SMILES string of the molecule is CCc1nn(CCCOC(=O)c2ccc(C)c(Br)c2)c2c1C(=O)NCC1(CCOCC1)C2. The molecule has 1 saturated heterocycles. The summed E-state index contributed by atoms with van der Waals surface area (Å²) in [5.74, 6) is -0.359. The number of aryl methyl sites for hydroxylation is 3. The van der Waals surface area contributed by atoms with Crippen LogP contribution in [0.15, 0.2) is 22.7 Å². The fraction of sp³-hybridized carbons (Fsp3) is 0.542. The Morgan fingerprint density at radius 2 is 2.12 bits per heavy atom. The van der Waals surface area contributed by atoms with Crippen molar-refractivity contribution in [3.8, 4) is 0 Å². The molecule has 2 aliphatic heterocycles. The smallest absolute Gasteiger partial charge is 0.338 e. The standard InChI is InChI=1S/C24H30BrN3O4/c1-3-19-21-20(14-24(15-26-22(21)29)7-11-31-12-8-24)28(27-19)9-4-10-32-23(30)17-6-5-16(2)18(25)13-17/h5-6,13H,3-4,7-12,14-15H2,1-2H3,(H,26,29). The molecule has 1 aromatic heterocycles. The molecule has 0 radical (unpaired) electrons. The van der Waals surface area contributed by atoms with Crippen molar-refractivity contribution in [1.29, 1.82) is 0 Å². The summed E-state index contributed by atoms with van der Waals surface area (Å²) in [6.07, 6.45) is 4.02. The molecule has 4 rings (SSSR count). The van der Waals surface area contributed by atoms with Gasteiger partial charge in [-0.1, -0.05) is 28.9 Å². The van der Waals surface area contributed by atoms with Crippen LogP contribution in [0.3, 0.4) is 0 Å². The van der Waals surface area contributed by atoms with Gasteiger partial charge >= 0.3 is 5.97 Å². The summed E-state index contributed by atoms with van der Waals surface area (Å²) in [4.78, 5) is 25.2. The van der Waals surface area contributed by atoms with Crippen molar-refractivity contribution in [3.63, 3.8) is 0 Å². The zero-order valence-corrected chi connectivity index (χ0v) is 20.3. The Kier molecular flexibility index (Phi) is 7.00. The number of hydrogen-bond acceptors (Lipinski definition) is 5. The third kappa shape index (κ3) is 4.76. The second-order valence-electron chi connectivity index (χ2n) is 8.77. The summed E-state index contributed by atoms with van der Waals surface area (Å²) >= 11 is 3.45. The maximum atomic E-state index is 12.9. The van der Waals surface area contributed by atoms with E-state index in [1.54, 1.807) is 12.1 Å². The van der Waals surface area contributed by atoms with Crippen LogP contribution in [0, 0.1) is 12.3 Å². The molecule has 0 unspecified atom stereocenters. The number of carbonyl (C=O) groups is 2. The number of aromatic nitrogens is 2. The Morgan fingerprint density at radius 1 is 1.34 bits per heavy atom. The van der Waals surface area contributed by atoms with Gasteiger partial charge in [0.2, 0.25) is 0 Å². The molecular weight excluding hydrogens is 474 g/mol. The summed E-state index contributed by atoms with van der Waals surface area (Å²) in [5.41, 5.74) is 4.20. The maximum Gasteiger partial charge on any atom is 0.338 e. The lowest BCUT2D eigenvalue weighted by Gasteiger charge is -2.36. The molecule has 1 amide bonds. The maximum absolute atomic E-state index is 12.9. The zero-order valence-electron chi connectivity index (χ0n) is 18.7. The van der Waals surface area contributed by atoms with Gasteiger partial charge in [-0.2, -0.15) is 5.10 Å². The van der Waals surface area contributed by atoms with Crippen LogP contribution in [0.5, 0.6) is 0 Å². The van der Waals surface area contributed by atoms with E-state index < -0.39 is 0 Å². The van der Waals surface area contributed by atoms with Crippen LogP contribution in [0.2, 0.25) is 0 Å². The van der Waals surface area contributed by atoms with E-state index in [2.05, 4.69) is 21.2 Å². The van der Waals surface area contributed by atoms with Gasteiger partial charge in [0.1, 0.15) is 0 Å². The molecule has 0 saturated carbocycles. The summed E-state index contributed by atoms with van der Waals surface area (Å²) in [6, 6.07) is 5.45. The summed E-state index contributed by atoms with van der Waals surface area (Å²) in [5, 5.41) is 7.89. The van der Waals surface area contributed by atoms with Crippen LogP contribution in [-0.2, 0) is 28.9 Å². The van der Waals surface area contributed by atoms with Crippen molar-refractivity contribution in [2.45, 2.75) is 52.5 Å². The topological polar surface area (TPSA) is 82.5 Å². The number of fused-ring (bicyclic) bond motifs is 1. The van der Waals surface area contributed by atoms with Crippen molar-refractivity contribution in [2.75, 3.05) is 26.4 Å². The monoisotopic (exact) mass is 503 g/mol. The molecule has 3 heterocycles. The molecule has 2 aliphatic rings. The van der Waals surface area contributed by atoms with E-state index in [0.29, 0.717) is 38.1 Å². The van der Waals surface area contributed by atoms with Crippen LogP contribution < -0.4 is 5.32 Å². The first-order valence-electron chi connectivity index (χ1n) is 11.3.